The van der Waals surface area contributed by atoms with Gasteiger partial charge in [-0.2, -0.15) is 0 Å². The fourth-order valence-corrected chi connectivity index (χ4v) is 2.97. The molecule has 7 heteroatoms. The number of non-ortho nitro benzene ring substituents is 1. The van der Waals surface area contributed by atoms with E-state index >= 15 is 0 Å². The third-order valence-electron chi connectivity index (χ3n) is 3.62. The Labute approximate surface area is 137 Å². The Morgan fingerprint density at radius 1 is 1.30 bits per heavy atom. The molecule has 0 bridgehead atoms. The average Bonchev–Trinajstić information content (AvgIpc) is 3.26. The van der Waals surface area contributed by atoms with Crippen molar-refractivity contribution in [3.8, 4) is 5.75 Å². The van der Waals surface area contributed by atoms with E-state index in [-0.39, 0.29) is 18.2 Å². The third kappa shape index (κ3) is 4.07. The fraction of sp³-hybridized carbons (Fsp3) is 0.312. The second kappa shape index (κ2) is 6.78. The molecule has 0 radical (unpaired) electrons. The average molecular weight is 332 g/mol. The number of amides is 1. The van der Waals surface area contributed by atoms with E-state index in [0.717, 1.165) is 17.7 Å². The first-order chi connectivity index (χ1) is 11.1. The fourth-order valence-electron chi connectivity index (χ4n) is 2.27. The number of hydrogen-bond donors (Lipinski definition) is 0. The summed E-state index contributed by atoms with van der Waals surface area (Å²) in [6, 6.07) is 10.0. The maximum absolute atomic E-state index is 12.4. The molecule has 1 saturated carbocycles. The molecule has 1 aliphatic carbocycles. The summed E-state index contributed by atoms with van der Waals surface area (Å²) in [7, 11) is 0. The number of carbonyl (C=O) groups is 1. The van der Waals surface area contributed by atoms with Gasteiger partial charge in [0.25, 0.3) is 11.6 Å². The van der Waals surface area contributed by atoms with E-state index in [2.05, 4.69) is 0 Å². The van der Waals surface area contributed by atoms with Gasteiger partial charge in [-0.15, -0.1) is 11.3 Å². The molecule has 1 amide bonds. The van der Waals surface area contributed by atoms with Gasteiger partial charge in [-0.25, -0.2) is 0 Å². The standard InChI is InChI=1S/C16H16N2O4S/c19-16(11-22-14-7-5-13(6-8-14)18(20)21)17(12-3-4-12)10-15-2-1-9-23-15/h1-2,5-9,12H,3-4,10-11H2. The molecular formula is C16H16N2O4S. The Morgan fingerprint density at radius 3 is 2.61 bits per heavy atom. The lowest BCUT2D eigenvalue weighted by Gasteiger charge is -2.21. The first-order valence-electron chi connectivity index (χ1n) is 7.32. The number of benzene rings is 1. The van der Waals surface area contributed by atoms with Gasteiger partial charge >= 0.3 is 0 Å². The lowest BCUT2D eigenvalue weighted by molar-refractivity contribution is -0.384. The summed E-state index contributed by atoms with van der Waals surface area (Å²) in [5.41, 5.74) is 0.000906. The van der Waals surface area contributed by atoms with E-state index in [0.29, 0.717) is 18.3 Å². The molecule has 3 rings (SSSR count). The molecule has 0 N–H and O–H groups in total. The third-order valence-corrected chi connectivity index (χ3v) is 4.49. The number of thiophene rings is 1. The van der Waals surface area contributed by atoms with Crippen molar-refractivity contribution in [2.24, 2.45) is 0 Å². The Kier molecular flexibility index (Phi) is 4.57. The van der Waals surface area contributed by atoms with E-state index in [1.54, 1.807) is 11.3 Å². The number of nitro benzene ring substituents is 1. The minimum Gasteiger partial charge on any atom is -0.484 e. The van der Waals surface area contributed by atoms with Crippen LogP contribution in [0.3, 0.4) is 0 Å². The SMILES string of the molecule is O=C(COc1ccc([N+](=O)[O-])cc1)N(Cc1cccs1)C1CC1. The molecule has 1 aromatic heterocycles. The van der Waals surface area contributed by atoms with Crippen LogP contribution >= 0.6 is 11.3 Å². The van der Waals surface area contributed by atoms with Crippen LogP contribution in [0.4, 0.5) is 5.69 Å². The van der Waals surface area contributed by atoms with Crippen LogP contribution in [0.1, 0.15) is 17.7 Å². The van der Waals surface area contributed by atoms with Crippen LogP contribution in [-0.4, -0.2) is 28.4 Å². The first kappa shape index (κ1) is 15.5. The molecule has 1 aliphatic rings. The highest BCUT2D eigenvalue weighted by molar-refractivity contribution is 7.09. The molecule has 23 heavy (non-hydrogen) atoms. The summed E-state index contributed by atoms with van der Waals surface area (Å²) in [6.07, 6.45) is 2.07. The van der Waals surface area contributed by atoms with Crippen LogP contribution in [0, 0.1) is 10.1 Å². The minimum absolute atomic E-state index is 0.000906. The Bertz CT molecular complexity index is 681. The highest BCUT2D eigenvalue weighted by atomic mass is 32.1. The summed E-state index contributed by atoms with van der Waals surface area (Å²) >= 11 is 1.63. The van der Waals surface area contributed by atoms with Gasteiger partial charge in [0, 0.05) is 23.1 Å². The summed E-state index contributed by atoms with van der Waals surface area (Å²) in [6.45, 7) is 0.560. The molecule has 6 nitrogen and oxygen atoms in total. The van der Waals surface area contributed by atoms with Gasteiger partial charge in [0.1, 0.15) is 5.75 Å². The second-order valence-electron chi connectivity index (χ2n) is 5.37. The van der Waals surface area contributed by atoms with Crippen LogP contribution in [0.2, 0.25) is 0 Å². The zero-order valence-electron chi connectivity index (χ0n) is 12.4. The highest BCUT2D eigenvalue weighted by Gasteiger charge is 2.32. The molecule has 120 valence electrons. The lowest BCUT2D eigenvalue weighted by atomic mass is 10.3. The summed E-state index contributed by atoms with van der Waals surface area (Å²) in [5, 5.41) is 12.6. The van der Waals surface area contributed by atoms with Crippen molar-refractivity contribution in [2.75, 3.05) is 6.61 Å². The molecule has 0 atom stereocenters. The topological polar surface area (TPSA) is 72.7 Å². The van der Waals surface area contributed by atoms with Gasteiger partial charge in [0.05, 0.1) is 11.5 Å². The number of nitro groups is 1. The minimum atomic E-state index is -0.467. The van der Waals surface area contributed by atoms with Gasteiger partial charge < -0.3 is 9.64 Å². The normalized spacial score (nSPS) is 13.6. The second-order valence-corrected chi connectivity index (χ2v) is 6.40. The number of carbonyl (C=O) groups excluding carboxylic acids is 1. The lowest BCUT2D eigenvalue weighted by Crippen LogP contribution is -2.36. The smallest absolute Gasteiger partial charge is 0.269 e. The van der Waals surface area contributed by atoms with Crippen molar-refractivity contribution in [3.05, 3.63) is 56.8 Å². The molecule has 1 fully saturated rings. The van der Waals surface area contributed by atoms with E-state index in [1.165, 1.54) is 24.3 Å². The zero-order valence-corrected chi connectivity index (χ0v) is 13.2. The van der Waals surface area contributed by atoms with Gasteiger partial charge in [-0.05, 0) is 36.4 Å². The van der Waals surface area contributed by atoms with Gasteiger partial charge in [-0.1, -0.05) is 6.07 Å². The van der Waals surface area contributed by atoms with E-state index in [1.807, 2.05) is 22.4 Å². The maximum Gasteiger partial charge on any atom is 0.269 e. The molecule has 0 aliphatic heterocycles. The van der Waals surface area contributed by atoms with Crippen LogP contribution < -0.4 is 4.74 Å². The van der Waals surface area contributed by atoms with E-state index in [4.69, 9.17) is 4.74 Å². The number of nitrogens with zero attached hydrogens (tertiary/aromatic N) is 2. The van der Waals surface area contributed by atoms with Crippen molar-refractivity contribution in [1.82, 2.24) is 4.90 Å². The first-order valence-corrected chi connectivity index (χ1v) is 8.20. The molecule has 0 unspecified atom stereocenters. The van der Waals surface area contributed by atoms with Gasteiger partial charge in [-0.3, -0.25) is 14.9 Å². The van der Waals surface area contributed by atoms with E-state index < -0.39 is 4.92 Å². The quantitative estimate of drug-likeness (QED) is 0.576. The molecule has 1 aromatic carbocycles. The summed E-state index contributed by atoms with van der Waals surface area (Å²) in [5.74, 6) is 0.398. The summed E-state index contributed by atoms with van der Waals surface area (Å²) < 4.78 is 5.47. The highest BCUT2D eigenvalue weighted by Crippen LogP contribution is 2.29. The monoisotopic (exact) mass is 332 g/mol. The number of ether oxygens (including phenoxy) is 1. The van der Waals surface area contributed by atoms with Crippen molar-refractivity contribution < 1.29 is 14.5 Å². The van der Waals surface area contributed by atoms with Gasteiger partial charge in [0.2, 0.25) is 0 Å². The van der Waals surface area contributed by atoms with Crippen LogP contribution in [0.5, 0.6) is 5.75 Å². The van der Waals surface area contributed by atoms with Crippen molar-refractivity contribution in [2.45, 2.75) is 25.4 Å². The Balaban J connectivity index is 1.57. The van der Waals surface area contributed by atoms with E-state index in [9.17, 15) is 14.9 Å². The largest absolute Gasteiger partial charge is 0.484 e. The number of rotatable bonds is 7. The maximum atomic E-state index is 12.4. The predicted octanol–water partition coefficient (Wildman–Crippen LogP) is 3.23. The Morgan fingerprint density at radius 2 is 2.04 bits per heavy atom. The molecule has 1 heterocycles. The van der Waals surface area contributed by atoms with Crippen LogP contribution in [-0.2, 0) is 11.3 Å². The molecule has 0 spiro atoms. The molecule has 2 aromatic rings. The molecular weight excluding hydrogens is 316 g/mol. The zero-order chi connectivity index (χ0) is 16.2. The molecule has 0 saturated heterocycles. The van der Waals surface area contributed by atoms with Crippen LogP contribution in [0.25, 0.3) is 0 Å². The van der Waals surface area contributed by atoms with Crippen LogP contribution in [0.15, 0.2) is 41.8 Å². The van der Waals surface area contributed by atoms with Crippen molar-refractivity contribution in [3.63, 3.8) is 0 Å². The van der Waals surface area contributed by atoms with Gasteiger partial charge in [0.15, 0.2) is 6.61 Å². The van der Waals surface area contributed by atoms with Crippen molar-refractivity contribution >= 4 is 22.9 Å². The number of hydrogen-bond acceptors (Lipinski definition) is 5. The summed E-state index contributed by atoms with van der Waals surface area (Å²) in [4.78, 5) is 25.5. The Hall–Kier alpha value is -2.41. The predicted molar refractivity (Wildman–Crippen MR) is 86.5 cm³/mol. The van der Waals surface area contributed by atoms with Crippen molar-refractivity contribution in [1.29, 1.82) is 0 Å².